The van der Waals surface area contributed by atoms with Gasteiger partial charge in [0.25, 0.3) is 0 Å². The van der Waals surface area contributed by atoms with Crippen molar-refractivity contribution in [3.8, 4) is 0 Å². The van der Waals surface area contributed by atoms with Crippen molar-refractivity contribution in [1.82, 2.24) is 0 Å². The van der Waals surface area contributed by atoms with Crippen LogP contribution in [-0.2, 0) is 9.47 Å². The summed E-state index contributed by atoms with van der Waals surface area (Å²) in [5, 5.41) is 69.8. The molecule has 2 aliphatic carbocycles. The fraction of sp³-hybridized carbons (Fsp3) is 1.00. The van der Waals surface area contributed by atoms with Gasteiger partial charge in [0.15, 0.2) is 0 Å². The van der Waals surface area contributed by atoms with E-state index in [1.54, 1.807) is 13.8 Å². The van der Waals surface area contributed by atoms with Gasteiger partial charge in [0.05, 0.1) is 30.5 Å². The van der Waals surface area contributed by atoms with Crippen LogP contribution in [-0.4, -0.2) is 104 Å². The third kappa shape index (κ3) is 4.54. The van der Waals surface area contributed by atoms with Gasteiger partial charge in [-0.25, -0.2) is 0 Å². The molecule has 26 heavy (non-hydrogen) atoms. The quantitative estimate of drug-likeness (QED) is 0.261. The molecule has 154 valence electrons. The van der Waals surface area contributed by atoms with Crippen LogP contribution in [0.4, 0.5) is 0 Å². The molecule has 2 saturated carbocycles. The second kappa shape index (κ2) is 9.22. The molecule has 0 aromatic rings. The standard InChI is InChI=1S/C17H32O9/c1-7(2)25-10-4-9(6-19)17(16(24)14(10)22)26-11-3-8(5-18)12(20)15(23)13(11)21/h7-24H,3-6H2,1-2H3. The maximum absolute atomic E-state index is 10.5. The van der Waals surface area contributed by atoms with Crippen LogP contribution >= 0.6 is 0 Å². The van der Waals surface area contributed by atoms with E-state index in [-0.39, 0.29) is 25.6 Å². The lowest BCUT2D eigenvalue weighted by atomic mass is 9.78. The zero-order chi connectivity index (χ0) is 19.6. The minimum atomic E-state index is -1.50. The van der Waals surface area contributed by atoms with Crippen molar-refractivity contribution in [1.29, 1.82) is 0 Å². The molecule has 7 N–H and O–H groups in total. The van der Waals surface area contributed by atoms with E-state index in [4.69, 9.17) is 9.47 Å². The topological polar surface area (TPSA) is 160 Å². The summed E-state index contributed by atoms with van der Waals surface area (Å²) in [4.78, 5) is 0. The van der Waals surface area contributed by atoms with Crippen LogP contribution in [0.15, 0.2) is 0 Å². The number of aliphatic hydroxyl groups excluding tert-OH is 7. The number of rotatable bonds is 6. The first-order chi connectivity index (χ1) is 12.2. The van der Waals surface area contributed by atoms with Gasteiger partial charge in [-0.2, -0.15) is 0 Å². The zero-order valence-corrected chi connectivity index (χ0v) is 15.1. The van der Waals surface area contributed by atoms with E-state index in [1.807, 2.05) is 0 Å². The molecule has 2 fully saturated rings. The zero-order valence-electron chi connectivity index (χ0n) is 15.1. The summed E-state index contributed by atoms with van der Waals surface area (Å²) >= 11 is 0. The molecule has 0 aromatic carbocycles. The minimum absolute atomic E-state index is 0.0687. The summed E-state index contributed by atoms with van der Waals surface area (Å²) in [6.07, 6.45) is -9.22. The second-order valence-electron chi connectivity index (χ2n) is 7.67. The largest absolute Gasteiger partial charge is 0.396 e. The molecule has 0 amide bonds. The molecule has 0 heterocycles. The summed E-state index contributed by atoms with van der Waals surface area (Å²) in [5.41, 5.74) is 0. The molecule has 0 bridgehead atoms. The molecule has 2 aliphatic rings. The monoisotopic (exact) mass is 380 g/mol. The smallest absolute Gasteiger partial charge is 0.109 e. The highest BCUT2D eigenvalue weighted by Gasteiger charge is 2.49. The first kappa shape index (κ1) is 21.9. The maximum Gasteiger partial charge on any atom is 0.109 e. The predicted molar refractivity (Wildman–Crippen MR) is 89.1 cm³/mol. The fourth-order valence-electron chi connectivity index (χ4n) is 3.92. The highest BCUT2D eigenvalue weighted by atomic mass is 16.5. The molecule has 9 heteroatoms. The van der Waals surface area contributed by atoms with Crippen molar-refractivity contribution in [2.75, 3.05) is 13.2 Å². The lowest BCUT2D eigenvalue weighted by Gasteiger charge is -2.46. The Morgan fingerprint density at radius 3 is 1.81 bits per heavy atom. The Morgan fingerprint density at radius 2 is 1.27 bits per heavy atom. The van der Waals surface area contributed by atoms with Crippen LogP contribution < -0.4 is 0 Å². The summed E-state index contributed by atoms with van der Waals surface area (Å²) in [6, 6.07) is 0. The van der Waals surface area contributed by atoms with Crippen molar-refractivity contribution in [3.63, 3.8) is 0 Å². The summed E-state index contributed by atoms with van der Waals surface area (Å²) in [6.45, 7) is 2.89. The Bertz CT molecular complexity index is 430. The van der Waals surface area contributed by atoms with E-state index < -0.39 is 67.3 Å². The molecule has 0 aromatic heterocycles. The van der Waals surface area contributed by atoms with Gasteiger partial charge in [0, 0.05) is 25.0 Å². The molecule has 2 rings (SSSR count). The highest BCUT2D eigenvalue weighted by Crippen LogP contribution is 2.35. The first-order valence-electron chi connectivity index (χ1n) is 9.14. The lowest BCUT2D eigenvalue weighted by Crippen LogP contribution is -2.61. The van der Waals surface area contributed by atoms with Gasteiger partial charge in [-0.1, -0.05) is 0 Å². The van der Waals surface area contributed by atoms with Crippen LogP contribution in [0.2, 0.25) is 0 Å². The van der Waals surface area contributed by atoms with Crippen molar-refractivity contribution >= 4 is 0 Å². The Balaban J connectivity index is 2.11. The van der Waals surface area contributed by atoms with Crippen LogP contribution in [0, 0.1) is 11.8 Å². The van der Waals surface area contributed by atoms with Crippen molar-refractivity contribution in [2.24, 2.45) is 11.8 Å². The van der Waals surface area contributed by atoms with Crippen molar-refractivity contribution in [3.05, 3.63) is 0 Å². The van der Waals surface area contributed by atoms with E-state index in [0.29, 0.717) is 0 Å². The van der Waals surface area contributed by atoms with Gasteiger partial charge >= 0.3 is 0 Å². The Labute approximate surface area is 152 Å². The van der Waals surface area contributed by atoms with Crippen LogP contribution in [0.1, 0.15) is 26.7 Å². The van der Waals surface area contributed by atoms with E-state index in [1.165, 1.54) is 0 Å². The molecule has 0 aliphatic heterocycles. The number of ether oxygens (including phenoxy) is 2. The summed E-state index contributed by atoms with van der Waals surface area (Å²) in [5.74, 6) is -1.23. The predicted octanol–water partition coefficient (Wildman–Crippen LogP) is -2.64. The third-order valence-corrected chi connectivity index (χ3v) is 5.41. The maximum atomic E-state index is 10.5. The van der Waals surface area contributed by atoms with Gasteiger partial charge in [-0.15, -0.1) is 0 Å². The van der Waals surface area contributed by atoms with Crippen LogP contribution in [0.5, 0.6) is 0 Å². The average Bonchev–Trinajstić information content (AvgIpc) is 2.60. The Kier molecular flexibility index (Phi) is 7.78. The van der Waals surface area contributed by atoms with E-state index in [0.717, 1.165) is 0 Å². The van der Waals surface area contributed by atoms with Crippen molar-refractivity contribution in [2.45, 2.75) is 81.6 Å². The van der Waals surface area contributed by atoms with Gasteiger partial charge in [0.1, 0.15) is 24.4 Å². The molecule has 0 spiro atoms. The molecule has 9 nitrogen and oxygen atoms in total. The molecule has 0 radical (unpaired) electrons. The fourth-order valence-corrected chi connectivity index (χ4v) is 3.92. The molecule has 10 unspecified atom stereocenters. The van der Waals surface area contributed by atoms with E-state index in [9.17, 15) is 35.7 Å². The van der Waals surface area contributed by atoms with Crippen LogP contribution in [0.25, 0.3) is 0 Å². The number of hydrogen-bond donors (Lipinski definition) is 7. The molecule has 0 saturated heterocycles. The Morgan fingerprint density at radius 1 is 0.731 bits per heavy atom. The highest BCUT2D eigenvalue weighted by molar-refractivity contribution is 4.98. The van der Waals surface area contributed by atoms with E-state index >= 15 is 0 Å². The summed E-state index contributed by atoms with van der Waals surface area (Å²) in [7, 11) is 0. The van der Waals surface area contributed by atoms with Gasteiger partial charge in [-0.3, -0.25) is 0 Å². The SMILES string of the molecule is CC(C)OC1CC(CO)C(OC2CC(CO)C(O)C(O)C2O)C(O)C1O. The molecule has 10 atom stereocenters. The van der Waals surface area contributed by atoms with Crippen LogP contribution in [0.3, 0.4) is 0 Å². The van der Waals surface area contributed by atoms with Gasteiger partial charge in [0.2, 0.25) is 0 Å². The first-order valence-corrected chi connectivity index (χ1v) is 9.14. The van der Waals surface area contributed by atoms with E-state index in [2.05, 4.69) is 0 Å². The Hall–Kier alpha value is -0.360. The lowest BCUT2D eigenvalue weighted by molar-refractivity contribution is -0.243. The van der Waals surface area contributed by atoms with Gasteiger partial charge in [-0.05, 0) is 26.7 Å². The molecular weight excluding hydrogens is 348 g/mol. The average molecular weight is 380 g/mol. The summed E-state index contributed by atoms with van der Waals surface area (Å²) < 4.78 is 11.4. The number of aliphatic hydroxyl groups is 7. The van der Waals surface area contributed by atoms with Gasteiger partial charge < -0.3 is 45.2 Å². The molecular formula is C17H32O9. The third-order valence-electron chi connectivity index (χ3n) is 5.41. The normalized spacial score (nSPS) is 47.3. The number of hydrogen-bond acceptors (Lipinski definition) is 9. The minimum Gasteiger partial charge on any atom is -0.396 e. The van der Waals surface area contributed by atoms with Crippen molar-refractivity contribution < 1.29 is 45.2 Å². The second-order valence-corrected chi connectivity index (χ2v) is 7.67.